The van der Waals surface area contributed by atoms with Crippen molar-refractivity contribution in [2.24, 2.45) is 4.99 Å². The van der Waals surface area contributed by atoms with Gasteiger partial charge in [0, 0.05) is 22.5 Å². The summed E-state index contributed by atoms with van der Waals surface area (Å²) in [6.45, 7) is 20.4. The lowest BCUT2D eigenvalue weighted by atomic mass is 10.00. The molecular formula is C27H38N2. The van der Waals surface area contributed by atoms with E-state index in [-0.39, 0.29) is 0 Å². The Morgan fingerprint density at radius 2 is 1.69 bits per heavy atom. The highest BCUT2D eigenvalue weighted by Gasteiger charge is 2.05. The Hall–Kier alpha value is -2.79. The molecule has 0 bridgehead atoms. The van der Waals surface area contributed by atoms with Crippen LogP contribution in [0.15, 0.2) is 41.9 Å². The lowest BCUT2D eigenvalue weighted by Crippen LogP contribution is -1.96. The second-order valence-electron chi connectivity index (χ2n) is 7.06. The molecule has 2 aromatic carbocycles. The van der Waals surface area contributed by atoms with Gasteiger partial charge >= 0.3 is 0 Å². The largest absolute Gasteiger partial charge is 0.398 e. The third kappa shape index (κ3) is 8.40. The van der Waals surface area contributed by atoms with E-state index in [0.717, 1.165) is 52.2 Å². The predicted octanol–water partition coefficient (Wildman–Crippen LogP) is 7.68. The fourth-order valence-corrected chi connectivity index (χ4v) is 2.75. The number of nitrogens with zero attached hydrogens (tertiary/aromatic N) is 1. The van der Waals surface area contributed by atoms with Crippen molar-refractivity contribution in [3.63, 3.8) is 0 Å². The van der Waals surface area contributed by atoms with Crippen LogP contribution in [0.2, 0.25) is 0 Å². The highest BCUT2D eigenvalue weighted by molar-refractivity contribution is 5.85. The molecule has 0 aromatic heterocycles. The number of benzene rings is 2. The first kappa shape index (κ1) is 26.2. The fourth-order valence-electron chi connectivity index (χ4n) is 2.75. The summed E-state index contributed by atoms with van der Waals surface area (Å²) in [5.41, 5.74) is 15.5. The third-order valence-corrected chi connectivity index (χ3v) is 4.28. The minimum absolute atomic E-state index is 0.812. The van der Waals surface area contributed by atoms with Crippen LogP contribution in [0.4, 0.5) is 11.4 Å². The normalized spacial score (nSPS) is 9.21. The van der Waals surface area contributed by atoms with Crippen molar-refractivity contribution >= 4 is 22.7 Å². The SMILES string of the molecule is C#Cc1cccc(N)c1CCC.C=C(C)c1cc(C)c(C)cc1N=C(C)C.CC. The van der Waals surface area contributed by atoms with Gasteiger partial charge in [-0.2, -0.15) is 0 Å². The van der Waals surface area contributed by atoms with E-state index < -0.39 is 0 Å². The Morgan fingerprint density at radius 3 is 2.17 bits per heavy atom. The van der Waals surface area contributed by atoms with Gasteiger partial charge in [-0.3, -0.25) is 4.99 Å². The summed E-state index contributed by atoms with van der Waals surface area (Å²) in [5.74, 6) is 2.64. The molecule has 2 rings (SSSR count). The van der Waals surface area contributed by atoms with Crippen LogP contribution in [0.3, 0.4) is 0 Å². The zero-order chi connectivity index (χ0) is 22.6. The van der Waals surface area contributed by atoms with Crippen LogP contribution in [0, 0.1) is 26.2 Å². The molecule has 0 aliphatic heterocycles. The maximum atomic E-state index is 5.79. The molecule has 0 aliphatic rings. The molecule has 2 aromatic rings. The Bertz CT molecular complexity index is 876. The summed E-state index contributed by atoms with van der Waals surface area (Å²) >= 11 is 0. The maximum absolute atomic E-state index is 5.79. The molecule has 2 nitrogen and oxygen atoms in total. The maximum Gasteiger partial charge on any atom is 0.0706 e. The van der Waals surface area contributed by atoms with Gasteiger partial charge in [-0.1, -0.05) is 45.8 Å². The standard InChI is InChI=1S/C14H19N.C11H13N.C2H6/c1-9(2)13-7-11(5)12(6)8-14(13)15-10(3)4;1-3-6-10-9(4-2)7-5-8-11(10)12;1-2/h7-8H,1H2,2-6H3;2,5,7-8H,3,6,12H2,1H3;1-2H3. The Morgan fingerprint density at radius 1 is 1.10 bits per heavy atom. The third-order valence-electron chi connectivity index (χ3n) is 4.28. The first-order chi connectivity index (χ1) is 13.7. The van der Waals surface area contributed by atoms with Crippen molar-refractivity contribution in [2.45, 2.75) is 68.2 Å². The van der Waals surface area contributed by atoms with Crippen LogP contribution in [0.1, 0.15) is 75.8 Å². The number of rotatable bonds is 4. The lowest BCUT2D eigenvalue weighted by Gasteiger charge is -2.09. The Labute approximate surface area is 179 Å². The van der Waals surface area contributed by atoms with E-state index in [9.17, 15) is 0 Å². The summed E-state index contributed by atoms with van der Waals surface area (Å²) in [5, 5.41) is 0. The van der Waals surface area contributed by atoms with E-state index in [4.69, 9.17) is 12.2 Å². The summed E-state index contributed by atoms with van der Waals surface area (Å²) < 4.78 is 0. The van der Waals surface area contributed by atoms with Gasteiger partial charge in [0.05, 0.1) is 5.69 Å². The summed E-state index contributed by atoms with van der Waals surface area (Å²) in [6, 6.07) is 10.0. The number of hydrogen-bond acceptors (Lipinski definition) is 2. The van der Waals surface area contributed by atoms with Gasteiger partial charge in [0.2, 0.25) is 0 Å². The van der Waals surface area contributed by atoms with Gasteiger partial charge in [-0.25, -0.2) is 0 Å². The average Bonchev–Trinajstić information content (AvgIpc) is 2.67. The van der Waals surface area contributed by atoms with Crippen molar-refractivity contribution in [1.29, 1.82) is 0 Å². The molecule has 29 heavy (non-hydrogen) atoms. The van der Waals surface area contributed by atoms with Crippen LogP contribution in [0.5, 0.6) is 0 Å². The summed E-state index contributed by atoms with van der Waals surface area (Å²) in [4.78, 5) is 4.54. The van der Waals surface area contributed by atoms with Crippen LogP contribution in [-0.4, -0.2) is 5.71 Å². The summed E-state index contributed by atoms with van der Waals surface area (Å²) in [6.07, 6.45) is 7.38. The average molecular weight is 391 g/mol. The van der Waals surface area contributed by atoms with Crippen LogP contribution in [-0.2, 0) is 6.42 Å². The minimum atomic E-state index is 0.812. The Balaban J connectivity index is 0.000000508. The molecule has 0 saturated carbocycles. The molecule has 0 amide bonds. The molecule has 0 unspecified atom stereocenters. The first-order valence-electron chi connectivity index (χ1n) is 10.3. The highest BCUT2D eigenvalue weighted by atomic mass is 14.7. The first-order valence-corrected chi connectivity index (χ1v) is 10.3. The van der Waals surface area contributed by atoms with Gasteiger partial charge in [-0.05, 0) is 87.6 Å². The molecule has 2 N–H and O–H groups in total. The number of terminal acetylenes is 1. The molecule has 0 fully saturated rings. The summed E-state index contributed by atoms with van der Waals surface area (Å²) in [7, 11) is 0. The molecule has 0 atom stereocenters. The number of hydrogen-bond donors (Lipinski definition) is 1. The van der Waals surface area contributed by atoms with Crippen molar-refractivity contribution in [3.05, 3.63) is 64.7 Å². The number of aliphatic imine (C=N–C) groups is 1. The smallest absolute Gasteiger partial charge is 0.0706 e. The van der Waals surface area contributed by atoms with E-state index in [1.165, 1.54) is 11.1 Å². The van der Waals surface area contributed by atoms with E-state index in [1.54, 1.807) is 0 Å². The molecule has 2 heteroatoms. The second kappa shape index (κ2) is 13.4. The number of aryl methyl sites for hydroxylation is 2. The molecular weight excluding hydrogens is 352 g/mol. The topological polar surface area (TPSA) is 38.4 Å². The van der Waals surface area contributed by atoms with Crippen molar-refractivity contribution < 1.29 is 0 Å². The number of anilines is 1. The molecule has 0 saturated heterocycles. The molecule has 0 heterocycles. The van der Waals surface area contributed by atoms with Crippen LogP contribution >= 0.6 is 0 Å². The van der Waals surface area contributed by atoms with Crippen molar-refractivity contribution in [3.8, 4) is 12.3 Å². The second-order valence-corrected chi connectivity index (χ2v) is 7.06. The highest BCUT2D eigenvalue weighted by Crippen LogP contribution is 2.28. The van der Waals surface area contributed by atoms with Gasteiger partial charge in [0.15, 0.2) is 0 Å². The van der Waals surface area contributed by atoms with E-state index in [0.29, 0.717) is 0 Å². The van der Waals surface area contributed by atoms with Gasteiger partial charge in [-0.15, -0.1) is 6.42 Å². The fraction of sp³-hybridized carbons (Fsp3) is 0.370. The number of nitrogen functional groups attached to an aromatic ring is 1. The van der Waals surface area contributed by atoms with Gasteiger partial charge in [0.25, 0.3) is 0 Å². The molecule has 0 spiro atoms. The molecule has 156 valence electrons. The van der Waals surface area contributed by atoms with E-state index >= 15 is 0 Å². The predicted molar refractivity (Wildman–Crippen MR) is 133 cm³/mol. The quantitative estimate of drug-likeness (QED) is 0.324. The van der Waals surface area contributed by atoms with E-state index in [2.05, 4.69) is 50.4 Å². The molecule has 0 aliphatic carbocycles. The monoisotopic (exact) mass is 390 g/mol. The minimum Gasteiger partial charge on any atom is -0.398 e. The van der Waals surface area contributed by atoms with Crippen LogP contribution in [0.25, 0.3) is 5.57 Å². The van der Waals surface area contributed by atoms with E-state index in [1.807, 2.05) is 52.8 Å². The zero-order valence-electron chi connectivity index (χ0n) is 19.6. The number of nitrogens with two attached hydrogens (primary N) is 1. The van der Waals surface area contributed by atoms with Gasteiger partial charge in [0.1, 0.15) is 0 Å². The van der Waals surface area contributed by atoms with Gasteiger partial charge < -0.3 is 5.73 Å². The van der Waals surface area contributed by atoms with Crippen molar-refractivity contribution in [2.75, 3.05) is 5.73 Å². The zero-order valence-corrected chi connectivity index (χ0v) is 19.6. The number of allylic oxidation sites excluding steroid dienone is 1. The Kier molecular flexibility index (Phi) is 12.1. The van der Waals surface area contributed by atoms with Crippen molar-refractivity contribution in [1.82, 2.24) is 0 Å². The molecule has 0 radical (unpaired) electrons. The lowest BCUT2D eigenvalue weighted by molar-refractivity contribution is 0.921. The van der Waals surface area contributed by atoms with Crippen LogP contribution < -0.4 is 5.73 Å².